The molecule has 2 heteroatoms. The highest BCUT2D eigenvalue weighted by Crippen LogP contribution is 2.07. The molecule has 0 saturated carbocycles. The van der Waals surface area contributed by atoms with Crippen molar-refractivity contribution in [2.75, 3.05) is 13.6 Å². The lowest BCUT2D eigenvalue weighted by Gasteiger charge is -2.17. The summed E-state index contributed by atoms with van der Waals surface area (Å²) in [7, 11) is 2.14. The summed E-state index contributed by atoms with van der Waals surface area (Å²) in [5.74, 6) is 0. The van der Waals surface area contributed by atoms with E-state index in [-0.39, 0.29) is 5.38 Å². The highest BCUT2D eigenvalue weighted by molar-refractivity contribution is 6.20. The minimum Gasteiger partial charge on any atom is -0.302 e. The van der Waals surface area contributed by atoms with E-state index in [4.69, 9.17) is 11.6 Å². The first-order valence-corrected chi connectivity index (χ1v) is 5.89. The van der Waals surface area contributed by atoms with Crippen molar-refractivity contribution in [3.05, 3.63) is 35.4 Å². The summed E-state index contributed by atoms with van der Waals surface area (Å²) in [6.45, 7) is 6.21. The number of hydrogen-bond acceptors (Lipinski definition) is 1. The number of nitrogens with zero attached hydrogens (tertiary/aromatic N) is 1. The van der Waals surface area contributed by atoms with Crippen LogP contribution in [0, 0.1) is 6.92 Å². The number of alkyl halides is 1. The van der Waals surface area contributed by atoms with E-state index >= 15 is 0 Å². The van der Waals surface area contributed by atoms with Crippen LogP contribution < -0.4 is 0 Å². The number of aryl methyl sites for hydroxylation is 1. The molecule has 0 fully saturated rings. The molecule has 1 aromatic carbocycles. The molecule has 1 nitrogen and oxygen atoms in total. The fourth-order valence-corrected chi connectivity index (χ4v) is 1.58. The van der Waals surface area contributed by atoms with Crippen LogP contribution in [-0.2, 0) is 6.54 Å². The molecule has 0 aliphatic rings. The third-order valence-corrected chi connectivity index (χ3v) is 2.70. The monoisotopic (exact) mass is 225 g/mol. The van der Waals surface area contributed by atoms with Crippen molar-refractivity contribution < 1.29 is 0 Å². The molecule has 15 heavy (non-hydrogen) atoms. The van der Waals surface area contributed by atoms with Gasteiger partial charge < -0.3 is 4.90 Å². The Labute approximate surface area is 98.0 Å². The summed E-state index contributed by atoms with van der Waals surface area (Å²) >= 11 is 5.92. The molecule has 0 heterocycles. The Balaban J connectivity index is 2.37. The van der Waals surface area contributed by atoms with Crippen molar-refractivity contribution >= 4 is 11.6 Å². The van der Waals surface area contributed by atoms with Gasteiger partial charge in [0.1, 0.15) is 0 Å². The van der Waals surface area contributed by atoms with Crippen molar-refractivity contribution in [1.29, 1.82) is 0 Å². The van der Waals surface area contributed by atoms with E-state index in [2.05, 4.69) is 43.1 Å². The average molecular weight is 226 g/mol. The summed E-state index contributed by atoms with van der Waals surface area (Å²) in [6.07, 6.45) is 1.05. The Morgan fingerprint density at radius 3 is 2.40 bits per heavy atom. The topological polar surface area (TPSA) is 3.24 Å². The Morgan fingerprint density at radius 1 is 1.27 bits per heavy atom. The summed E-state index contributed by atoms with van der Waals surface area (Å²) in [5.41, 5.74) is 2.68. The Bertz CT molecular complexity index is 279. The highest BCUT2D eigenvalue weighted by Gasteiger charge is 2.02. The molecular formula is C13H20ClN. The summed E-state index contributed by atoms with van der Waals surface area (Å²) in [5, 5.41) is 0.269. The second-order valence-corrected chi connectivity index (χ2v) is 5.04. The lowest BCUT2D eigenvalue weighted by molar-refractivity contribution is 0.322. The lowest BCUT2D eigenvalue weighted by atomic mass is 10.1. The maximum absolute atomic E-state index is 5.92. The Hall–Kier alpha value is -0.530. The van der Waals surface area contributed by atoms with Gasteiger partial charge in [-0.05, 0) is 39.4 Å². The molecule has 0 radical (unpaired) electrons. The fourth-order valence-electron chi connectivity index (χ4n) is 1.48. The summed E-state index contributed by atoms with van der Waals surface area (Å²) in [6, 6.07) is 8.70. The van der Waals surface area contributed by atoms with Crippen LogP contribution in [-0.4, -0.2) is 23.9 Å². The van der Waals surface area contributed by atoms with E-state index < -0.39 is 0 Å². The van der Waals surface area contributed by atoms with Gasteiger partial charge in [-0.3, -0.25) is 0 Å². The second kappa shape index (κ2) is 6.14. The van der Waals surface area contributed by atoms with Crippen LogP contribution >= 0.6 is 11.6 Å². The van der Waals surface area contributed by atoms with Gasteiger partial charge in [-0.25, -0.2) is 0 Å². The zero-order valence-electron chi connectivity index (χ0n) is 9.83. The smallest absolute Gasteiger partial charge is 0.0320 e. The van der Waals surface area contributed by atoms with Gasteiger partial charge in [0.2, 0.25) is 0 Å². The van der Waals surface area contributed by atoms with E-state index in [0.29, 0.717) is 0 Å². The van der Waals surface area contributed by atoms with Gasteiger partial charge in [0, 0.05) is 11.9 Å². The fraction of sp³-hybridized carbons (Fsp3) is 0.538. The van der Waals surface area contributed by atoms with Crippen molar-refractivity contribution in [3.63, 3.8) is 0 Å². The van der Waals surface area contributed by atoms with E-state index in [0.717, 1.165) is 19.5 Å². The zero-order valence-corrected chi connectivity index (χ0v) is 10.6. The first kappa shape index (κ1) is 12.5. The molecular weight excluding hydrogens is 206 g/mol. The molecule has 0 aliphatic carbocycles. The largest absolute Gasteiger partial charge is 0.302 e. The predicted molar refractivity (Wildman–Crippen MR) is 67.4 cm³/mol. The quantitative estimate of drug-likeness (QED) is 0.694. The van der Waals surface area contributed by atoms with Gasteiger partial charge in [-0.2, -0.15) is 0 Å². The van der Waals surface area contributed by atoms with Gasteiger partial charge in [-0.1, -0.05) is 29.8 Å². The molecule has 0 spiro atoms. The second-order valence-electron chi connectivity index (χ2n) is 4.29. The molecule has 0 amide bonds. The van der Waals surface area contributed by atoms with E-state index in [1.165, 1.54) is 11.1 Å². The van der Waals surface area contributed by atoms with Gasteiger partial charge in [0.25, 0.3) is 0 Å². The molecule has 1 aromatic rings. The van der Waals surface area contributed by atoms with Crippen LogP contribution in [0.3, 0.4) is 0 Å². The molecule has 0 aromatic heterocycles. The van der Waals surface area contributed by atoms with Crippen LogP contribution in [0.4, 0.5) is 0 Å². The summed E-state index contributed by atoms with van der Waals surface area (Å²) < 4.78 is 0. The third-order valence-electron chi connectivity index (χ3n) is 2.48. The Morgan fingerprint density at radius 2 is 1.87 bits per heavy atom. The highest BCUT2D eigenvalue weighted by atomic mass is 35.5. The molecule has 0 saturated heterocycles. The van der Waals surface area contributed by atoms with Crippen molar-refractivity contribution in [1.82, 2.24) is 4.90 Å². The van der Waals surface area contributed by atoms with Gasteiger partial charge in [-0.15, -0.1) is 11.6 Å². The molecule has 84 valence electrons. The van der Waals surface area contributed by atoms with Crippen LogP contribution in [0.5, 0.6) is 0 Å². The van der Waals surface area contributed by atoms with Crippen molar-refractivity contribution in [2.45, 2.75) is 32.2 Å². The summed E-state index contributed by atoms with van der Waals surface area (Å²) in [4.78, 5) is 2.31. The third kappa shape index (κ3) is 5.19. The minimum atomic E-state index is 0.269. The maximum Gasteiger partial charge on any atom is 0.0320 e. The molecule has 0 N–H and O–H groups in total. The van der Waals surface area contributed by atoms with Crippen LogP contribution in [0.15, 0.2) is 24.3 Å². The molecule has 0 aliphatic heterocycles. The maximum atomic E-state index is 5.92. The first-order chi connectivity index (χ1) is 7.08. The van der Waals surface area contributed by atoms with Gasteiger partial charge in [0.15, 0.2) is 0 Å². The molecule has 1 rings (SSSR count). The van der Waals surface area contributed by atoms with Crippen LogP contribution in [0.2, 0.25) is 0 Å². The van der Waals surface area contributed by atoms with Crippen LogP contribution in [0.1, 0.15) is 24.5 Å². The van der Waals surface area contributed by atoms with Crippen molar-refractivity contribution in [3.8, 4) is 0 Å². The first-order valence-electron chi connectivity index (χ1n) is 5.46. The molecule has 1 unspecified atom stereocenters. The SMILES string of the molecule is Cc1ccc(CN(C)CCC(C)Cl)cc1. The molecule has 1 atom stereocenters. The lowest BCUT2D eigenvalue weighted by Crippen LogP contribution is -2.20. The predicted octanol–water partition coefficient (Wildman–Crippen LogP) is 3.44. The number of halogens is 1. The number of benzene rings is 1. The van der Waals surface area contributed by atoms with Crippen LogP contribution in [0.25, 0.3) is 0 Å². The number of hydrogen-bond donors (Lipinski definition) is 0. The minimum absolute atomic E-state index is 0.269. The zero-order chi connectivity index (χ0) is 11.3. The molecule has 0 bridgehead atoms. The standard InChI is InChI=1S/C13H20ClN/c1-11-4-6-13(7-5-11)10-15(3)9-8-12(2)14/h4-7,12H,8-10H2,1-3H3. The normalized spacial score (nSPS) is 13.1. The van der Waals surface area contributed by atoms with E-state index in [9.17, 15) is 0 Å². The van der Waals surface area contributed by atoms with E-state index in [1.54, 1.807) is 0 Å². The average Bonchev–Trinajstić information content (AvgIpc) is 2.19. The Kier molecular flexibility index (Phi) is 5.13. The van der Waals surface area contributed by atoms with Gasteiger partial charge in [0.05, 0.1) is 0 Å². The van der Waals surface area contributed by atoms with E-state index in [1.807, 2.05) is 6.92 Å². The number of rotatable bonds is 5. The van der Waals surface area contributed by atoms with Gasteiger partial charge >= 0.3 is 0 Å². The van der Waals surface area contributed by atoms with Crippen molar-refractivity contribution in [2.24, 2.45) is 0 Å².